The van der Waals surface area contributed by atoms with Gasteiger partial charge >= 0.3 is 0 Å². The van der Waals surface area contributed by atoms with E-state index in [0.29, 0.717) is 22.8 Å². The number of amides is 2. The van der Waals surface area contributed by atoms with Gasteiger partial charge in [0.15, 0.2) is 0 Å². The third-order valence-electron chi connectivity index (χ3n) is 4.45. The van der Waals surface area contributed by atoms with Gasteiger partial charge in [-0.05, 0) is 43.0 Å². The molecule has 8 nitrogen and oxygen atoms in total. The highest BCUT2D eigenvalue weighted by Crippen LogP contribution is 2.20. The van der Waals surface area contributed by atoms with Crippen LogP contribution < -0.4 is 10.6 Å². The van der Waals surface area contributed by atoms with Gasteiger partial charge in [-0.2, -0.15) is 8.42 Å². The van der Waals surface area contributed by atoms with Crippen LogP contribution in [0.3, 0.4) is 0 Å². The van der Waals surface area contributed by atoms with E-state index in [1.807, 2.05) is 11.9 Å². The second kappa shape index (κ2) is 8.75. The number of benzene rings is 1. The van der Waals surface area contributed by atoms with Crippen molar-refractivity contribution in [1.82, 2.24) is 10.2 Å². The molecular formula is C19H22N4O4S2. The first kappa shape index (κ1) is 21.0. The topological polar surface area (TPSA) is 108 Å². The van der Waals surface area contributed by atoms with Gasteiger partial charge in [-0.3, -0.25) is 9.59 Å². The minimum absolute atomic E-state index is 0.00151. The van der Waals surface area contributed by atoms with Crippen LogP contribution in [0, 0.1) is 0 Å². The number of rotatable bonds is 6. The predicted molar refractivity (Wildman–Crippen MR) is 113 cm³/mol. The number of thiophene rings is 1. The van der Waals surface area contributed by atoms with E-state index < -0.39 is 22.0 Å². The third kappa shape index (κ3) is 5.21. The van der Waals surface area contributed by atoms with Crippen LogP contribution >= 0.6 is 11.3 Å². The average Bonchev–Trinajstić information content (AvgIpc) is 3.34. The quantitative estimate of drug-likeness (QED) is 0.725. The Morgan fingerprint density at radius 1 is 1.24 bits per heavy atom. The molecule has 0 bridgehead atoms. The number of nitrogens with zero attached hydrogens (tertiary/aromatic N) is 2. The number of hydrogen-bond donors (Lipinski definition) is 2. The van der Waals surface area contributed by atoms with Crippen LogP contribution in [-0.4, -0.2) is 50.6 Å². The van der Waals surface area contributed by atoms with Crippen LogP contribution in [0.4, 0.5) is 5.69 Å². The van der Waals surface area contributed by atoms with Gasteiger partial charge in [0.05, 0.1) is 9.77 Å². The molecule has 1 saturated heterocycles. The van der Waals surface area contributed by atoms with Gasteiger partial charge in [-0.15, -0.1) is 15.7 Å². The van der Waals surface area contributed by atoms with E-state index in [-0.39, 0.29) is 10.8 Å². The SMILES string of the molecule is CC(NC(=O)c1cccs1)C(=O)Nc1cccc(S(=O)(=O)N=C2CCCN2C)c1. The first-order valence-electron chi connectivity index (χ1n) is 9.06. The predicted octanol–water partition coefficient (Wildman–Crippen LogP) is 2.32. The number of carbonyl (C=O) groups is 2. The van der Waals surface area contributed by atoms with E-state index in [1.54, 1.807) is 30.5 Å². The third-order valence-corrected chi connectivity index (χ3v) is 6.61. The lowest BCUT2D eigenvalue weighted by atomic mass is 10.2. The Hall–Kier alpha value is -2.72. The van der Waals surface area contributed by atoms with E-state index in [4.69, 9.17) is 0 Å². The zero-order valence-electron chi connectivity index (χ0n) is 16.1. The lowest BCUT2D eigenvalue weighted by molar-refractivity contribution is -0.117. The van der Waals surface area contributed by atoms with Crippen molar-refractivity contribution in [3.8, 4) is 0 Å². The number of anilines is 1. The van der Waals surface area contributed by atoms with Crippen LogP contribution in [0.2, 0.25) is 0 Å². The van der Waals surface area contributed by atoms with Gasteiger partial charge in [0, 0.05) is 25.7 Å². The molecule has 1 aromatic heterocycles. The Kier molecular flexibility index (Phi) is 6.33. The van der Waals surface area contributed by atoms with Gasteiger partial charge in [0.1, 0.15) is 11.9 Å². The number of sulfonamides is 1. The fourth-order valence-corrected chi connectivity index (χ4v) is 4.59. The summed E-state index contributed by atoms with van der Waals surface area (Å²) in [6.45, 7) is 2.34. The molecule has 3 rings (SSSR count). The average molecular weight is 435 g/mol. The van der Waals surface area contributed by atoms with Crippen molar-refractivity contribution < 1.29 is 18.0 Å². The molecule has 10 heteroatoms. The van der Waals surface area contributed by atoms with E-state index in [1.165, 1.54) is 29.5 Å². The van der Waals surface area contributed by atoms with Crippen molar-refractivity contribution in [1.29, 1.82) is 0 Å². The molecule has 0 saturated carbocycles. The van der Waals surface area contributed by atoms with E-state index in [0.717, 1.165) is 13.0 Å². The number of nitrogens with one attached hydrogen (secondary N) is 2. The number of amidine groups is 1. The smallest absolute Gasteiger partial charge is 0.284 e. The summed E-state index contributed by atoms with van der Waals surface area (Å²) in [6, 6.07) is 8.55. The summed E-state index contributed by atoms with van der Waals surface area (Å²) in [5.41, 5.74) is 0.313. The van der Waals surface area contributed by atoms with Gasteiger partial charge in [0.25, 0.3) is 15.9 Å². The summed E-state index contributed by atoms with van der Waals surface area (Å²) in [4.78, 5) is 26.8. The van der Waals surface area contributed by atoms with Crippen LogP contribution in [0.25, 0.3) is 0 Å². The summed E-state index contributed by atoms with van der Waals surface area (Å²) < 4.78 is 29.1. The largest absolute Gasteiger partial charge is 0.362 e. The fourth-order valence-electron chi connectivity index (χ4n) is 2.83. The molecule has 1 unspecified atom stereocenters. The van der Waals surface area contributed by atoms with Gasteiger partial charge in [-0.1, -0.05) is 12.1 Å². The van der Waals surface area contributed by atoms with Crippen molar-refractivity contribution in [3.05, 3.63) is 46.7 Å². The molecule has 2 aromatic rings. The zero-order valence-corrected chi connectivity index (χ0v) is 17.7. The molecule has 1 aliphatic rings. The molecule has 1 fully saturated rings. The Labute approximate surface area is 173 Å². The second-order valence-corrected chi connectivity index (χ2v) is 9.25. The normalized spacial score (nSPS) is 16.6. The molecule has 154 valence electrons. The van der Waals surface area contributed by atoms with Gasteiger partial charge in [-0.25, -0.2) is 0 Å². The Balaban J connectivity index is 1.69. The van der Waals surface area contributed by atoms with Crippen molar-refractivity contribution in [2.24, 2.45) is 4.40 Å². The van der Waals surface area contributed by atoms with Crippen molar-refractivity contribution in [2.45, 2.75) is 30.7 Å². The maximum atomic E-state index is 12.6. The highest BCUT2D eigenvalue weighted by molar-refractivity contribution is 7.90. The summed E-state index contributed by atoms with van der Waals surface area (Å²) in [5.74, 6) is -0.258. The van der Waals surface area contributed by atoms with Crippen molar-refractivity contribution in [3.63, 3.8) is 0 Å². The Bertz CT molecular complexity index is 1030. The molecule has 1 aromatic carbocycles. The fraction of sp³-hybridized carbons (Fsp3) is 0.316. The maximum Gasteiger partial charge on any atom is 0.284 e. The van der Waals surface area contributed by atoms with Crippen LogP contribution in [0.15, 0.2) is 51.1 Å². The van der Waals surface area contributed by atoms with Crippen LogP contribution in [0.5, 0.6) is 0 Å². The van der Waals surface area contributed by atoms with E-state index >= 15 is 0 Å². The highest BCUT2D eigenvalue weighted by atomic mass is 32.2. The molecule has 1 aliphatic heterocycles. The summed E-state index contributed by atoms with van der Waals surface area (Å²) in [7, 11) is -2.07. The molecule has 2 amide bonds. The number of hydrogen-bond acceptors (Lipinski definition) is 5. The molecule has 29 heavy (non-hydrogen) atoms. The monoisotopic (exact) mass is 434 g/mol. The molecule has 1 atom stereocenters. The molecular weight excluding hydrogens is 412 g/mol. The minimum atomic E-state index is -3.88. The van der Waals surface area contributed by atoms with E-state index in [2.05, 4.69) is 15.0 Å². The maximum absolute atomic E-state index is 12.6. The summed E-state index contributed by atoms with van der Waals surface area (Å²) >= 11 is 1.28. The minimum Gasteiger partial charge on any atom is -0.362 e. The molecule has 0 aliphatic carbocycles. The Morgan fingerprint density at radius 2 is 2.03 bits per heavy atom. The first-order chi connectivity index (χ1) is 13.8. The highest BCUT2D eigenvalue weighted by Gasteiger charge is 2.21. The summed E-state index contributed by atoms with van der Waals surface area (Å²) in [5, 5.41) is 7.02. The van der Waals surface area contributed by atoms with Gasteiger partial charge in [0.2, 0.25) is 5.91 Å². The van der Waals surface area contributed by atoms with E-state index in [9.17, 15) is 18.0 Å². The first-order valence-corrected chi connectivity index (χ1v) is 11.4. The van der Waals surface area contributed by atoms with Crippen molar-refractivity contribution in [2.75, 3.05) is 18.9 Å². The lowest BCUT2D eigenvalue weighted by Crippen LogP contribution is -2.41. The molecule has 0 radical (unpaired) electrons. The van der Waals surface area contributed by atoms with Crippen LogP contribution in [-0.2, 0) is 14.8 Å². The van der Waals surface area contributed by atoms with Gasteiger partial charge < -0.3 is 15.5 Å². The lowest BCUT2D eigenvalue weighted by Gasteiger charge is -2.14. The molecule has 0 spiro atoms. The zero-order chi connectivity index (χ0) is 21.0. The summed E-state index contributed by atoms with van der Waals surface area (Å²) in [6.07, 6.45) is 1.49. The number of likely N-dealkylation sites (tertiary alicyclic amines) is 1. The molecule has 2 heterocycles. The van der Waals surface area contributed by atoms with Crippen LogP contribution in [0.1, 0.15) is 29.4 Å². The molecule has 2 N–H and O–H groups in total. The number of carbonyl (C=O) groups excluding carboxylic acids is 2. The second-order valence-electron chi connectivity index (χ2n) is 6.70. The standard InChI is InChI=1S/C19H22N4O4S2/c1-13(20-19(25)16-8-5-11-28-16)18(24)21-14-6-3-7-15(12-14)29(26,27)22-17-9-4-10-23(17)2/h3,5-8,11-13H,4,9-10H2,1-2H3,(H,20,25)(H,21,24). The van der Waals surface area contributed by atoms with Crippen molar-refractivity contribution >= 4 is 44.7 Å². The Morgan fingerprint density at radius 3 is 2.69 bits per heavy atom.